The van der Waals surface area contributed by atoms with Gasteiger partial charge in [-0.1, -0.05) is 42.1 Å². The predicted molar refractivity (Wildman–Crippen MR) is 140 cm³/mol. The summed E-state index contributed by atoms with van der Waals surface area (Å²) in [6.45, 7) is 4.28. The predicted octanol–water partition coefficient (Wildman–Crippen LogP) is 3.84. The van der Waals surface area contributed by atoms with Gasteiger partial charge in [0.15, 0.2) is 5.96 Å². The molecule has 1 fully saturated rings. The number of nitrogens with one attached hydrogen (secondary N) is 1. The quantitative estimate of drug-likeness (QED) is 0.347. The van der Waals surface area contributed by atoms with Gasteiger partial charge in [-0.15, -0.1) is 0 Å². The van der Waals surface area contributed by atoms with E-state index in [2.05, 4.69) is 87.3 Å². The summed E-state index contributed by atoms with van der Waals surface area (Å²) in [6.07, 6.45) is 6.89. The molecule has 172 valence electrons. The van der Waals surface area contributed by atoms with Crippen LogP contribution >= 0.6 is 11.8 Å². The van der Waals surface area contributed by atoms with Gasteiger partial charge in [0.25, 0.3) is 5.82 Å². The van der Waals surface area contributed by atoms with Crippen molar-refractivity contribution in [1.29, 1.82) is 5.41 Å². The van der Waals surface area contributed by atoms with Gasteiger partial charge in [0.1, 0.15) is 18.8 Å². The van der Waals surface area contributed by atoms with E-state index in [4.69, 9.17) is 11.1 Å². The van der Waals surface area contributed by atoms with E-state index in [0.29, 0.717) is 0 Å². The number of aromatic nitrogens is 1. The minimum absolute atomic E-state index is 0.160. The van der Waals surface area contributed by atoms with Gasteiger partial charge in [0.05, 0.1) is 30.0 Å². The molecule has 3 aromatic rings. The number of hydrogen-bond acceptors (Lipinski definition) is 4. The molecule has 0 aliphatic carbocycles. The molecule has 2 aromatic carbocycles. The maximum atomic E-state index is 7.77. The lowest BCUT2D eigenvalue weighted by Gasteiger charge is -2.32. The topological polar surface area (TPSA) is 63.5 Å². The normalized spacial score (nSPS) is 18.4. The van der Waals surface area contributed by atoms with Crippen molar-refractivity contribution in [2.45, 2.75) is 17.7 Å². The average Bonchev–Trinajstić information content (AvgIpc) is 3.23. The third-order valence-electron chi connectivity index (χ3n) is 6.89. The highest BCUT2D eigenvalue weighted by molar-refractivity contribution is 8.03. The SMILES string of the molecule is N=C(N)N1CCN(c2cc(/C=C3\Sc4cccc5c4N3CCC5)cc[n+]2-c2ccccc2)CC1. The number of thioether (sulfide) groups is 1. The Balaban J connectivity index is 1.36. The molecule has 0 bridgehead atoms. The minimum Gasteiger partial charge on any atom is -0.370 e. The second-order valence-corrected chi connectivity index (χ2v) is 10.0. The highest BCUT2D eigenvalue weighted by Gasteiger charge is 2.31. The van der Waals surface area contributed by atoms with E-state index in [1.807, 2.05) is 16.7 Å². The van der Waals surface area contributed by atoms with E-state index < -0.39 is 0 Å². The number of para-hydroxylation sites is 2. The lowest BCUT2D eigenvalue weighted by atomic mass is 10.0. The summed E-state index contributed by atoms with van der Waals surface area (Å²) in [6, 6.07) is 21.7. The summed E-state index contributed by atoms with van der Waals surface area (Å²) < 4.78 is 2.26. The van der Waals surface area contributed by atoms with Crippen LogP contribution in [0.2, 0.25) is 0 Å². The molecule has 0 radical (unpaired) electrons. The number of guanidine groups is 1. The van der Waals surface area contributed by atoms with Crippen LogP contribution in [0, 0.1) is 5.41 Å². The third kappa shape index (κ3) is 3.80. The summed E-state index contributed by atoms with van der Waals surface area (Å²) in [5, 5.41) is 9.09. The van der Waals surface area contributed by atoms with E-state index in [-0.39, 0.29) is 5.96 Å². The van der Waals surface area contributed by atoms with E-state index in [1.165, 1.54) is 45.4 Å². The molecule has 0 unspecified atom stereocenters. The Hall–Kier alpha value is -3.45. The molecule has 6 rings (SSSR count). The maximum absolute atomic E-state index is 7.77. The van der Waals surface area contributed by atoms with Gasteiger partial charge in [-0.2, -0.15) is 0 Å². The van der Waals surface area contributed by atoms with Gasteiger partial charge in [-0.3, -0.25) is 10.3 Å². The number of rotatable bonds is 3. The number of nitrogens with zero attached hydrogens (tertiary/aromatic N) is 4. The summed E-state index contributed by atoms with van der Waals surface area (Å²) in [5.41, 5.74) is 11.0. The van der Waals surface area contributed by atoms with Crippen LogP contribution in [0.5, 0.6) is 0 Å². The highest BCUT2D eigenvalue weighted by atomic mass is 32.2. The molecule has 3 aliphatic rings. The number of benzene rings is 2. The van der Waals surface area contributed by atoms with Crippen molar-refractivity contribution >= 4 is 35.3 Å². The Morgan fingerprint density at radius 2 is 1.79 bits per heavy atom. The smallest absolute Gasteiger partial charge is 0.282 e. The number of pyridine rings is 1. The van der Waals surface area contributed by atoms with Gasteiger partial charge in [0, 0.05) is 17.5 Å². The first-order chi connectivity index (χ1) is 16.7. The molecule has 3 N–H and O–H groups in total. The fourth-order valence-electron chi connectivity index (χ4n) is 5.16. The first kappa shape index (κ1) is 21.1. The van der Waals surface area contributed by atoms with Crippen molar-refractivity contribution in [2.24, 2.45) is 5.73 Å². The van der Waals surface area contributed by atoms with Gasteiger partial charge < -0.3 is 15.5 Å². The Kier molecular flexibility index (Phi) is 5.41. The summed E-state index contributed by atoms with van der Waals surface area (Å²) in [5.74, 6) is 1.33. The van der Waals surface area contributed by atoms with E-state index >= 15 is 0 Å². The van der Waals surface area contributed by atoms with Gasteiger partial charge in [-0.05, 0) is 54.3 Å². The minimum atomic E-state index is 0.160. The molecule has 0 amide bonds. The zero-order chi connectivity index (χ0) is 23.1. The van der Waals surface area contributed by atoms with Crippen LogP contribution in [0.3, 0.4) is 0 Å². The van der Waals surface area contributed by atoms with E-state index in [1.54, 1.807) is 0 Å². The van der Waals surface area contributed by atoms with Crippen LogP contribution < -0.4 is 20.1 Å². The zero-order valence-corrected chi connectivity index (χ0v) is 20.0. The number of anilines is 2. The Bertz CT molecular complexity index is 1260. The fraction of sp³-hybridized carbons (Fsp3) is 0.259. The van der Waals surface area contributed by atoms with Crippen LogP contribution in [0.15, 0.2) is 76.8 Å². The number of piperazine rings is 1. The maximum Gasteiger partial charge on any atom is 0.282 e. The Morgan fingerprint density at radius 3 is 2.59 bits per heavy atom. The zero-order valence-electron chi connectivity index (χ0n) is 19.2. The molecule has 6 nitrogen and oxygen atoms in total. The third-order valence-corrected chi connectivity index (χ3v) is 7.99. The molecular formula is C27H29N6S+. The van der Waals surface area contributed by atoms with Crippen molar-refractivity contribution in [3.8, 4) is 5.69 Å². The van der Waals surface area contributed by atoms with Gasteiger partial charge in [-0.25, -0.2) is 4.57 Å². The van der Waals surface area contributed by atoms with Crippen LogP contribution in [-0.2, 0) is 6.42 Å². The molecule has 0 saturated carbocycles. The summed E-state index contributed by atoms with van der Waals surface area (Å²) in [7, 11) is 0. The molecule has 7 heteroatoms. The van der Waals surface area contributed by atoms with Crippen LogP contribution in [-0.4, -0.2) is 43.6 Å². The molecule has 34 heavy (non-hydrogen) atoms. The first-order valence-corrected chi connectivity index (χ1v) is 12.7. The van der Waals surface area contributed by atoms with E-state index in [0.717, 1.165) is 38.4 Å². The molecule has 0 atom stereocenters. The van der Waals surface area contributed by atoms with Crippen molar-refractivity contribution in [3.05, 3.63) is 83.0 Å². The van der Waals surface area contributed by atoms with E-state index in [9.17, 15) is 0 Å². The van der Waals surface area contributed by atoms with Crippen molar-refractivity contribution in [2.75, 3.05) is 42.5 Å². The number of nitrogens with two attached hydrogens (primary N) is 1. The molecule has 3 aliphatic heterocycles. The second kappa shape index (κ2) is 8.72. The molecule has 1 saturated heterocycles. The van der Waals surface area contributed by atoms with Crippen LogP contribution in [0.4, 0.5) is 11.5 Å². The van der Waals surface area contributed by atoms with Crippen LogP contribution in [0.1, 0.15) is 17.5 Å². The van der Waals surface area contributed by atoms with Crippen LogP contribution in [0.25, 0.3) is 11.8 Å². The molecule has 4 heterocycles. The average molecular weight is 470 g/mol. The van der Waals surface area contributed by atoms with Crippen molar-refractivity contribution in [3.63, 3.8) is 0 Å². The molecular weight excluding hydrogens is 440 g/mol. The monoisotopic (exact) mass is 469 g/mol. The summed E-state index contributed by atoms with van der Waals surface area (Å²) >= 11 is 1.89. The number of hydrogen-bond donors (Lipinski definition) is 2. The highest BCUT2D eigenvalue weighted by Crippen LogP contribution is 2.50. The molecule has 0 spiro atoms. The Morgan fingerprint density at radius 1 is 0.971 bits per heavy atom. The standard InChI is InChI=1S/C27H29N6S/c28-27(29)31-16-14-30(15-17-31)24-18-20(11-13-32(24)22-8-2-1-3-9-22)19-25-33-12-5-7-21-6-4-10-23(34-25)26(21)33/h1-4,6,8-11,13,18-19H,5,7,12,14-17H2,(H3,28,29)/q+1. The fourth-order valence-corrected chi connectivity index (χ4v) is 6.35. The second-order valence-electron chi connectivity index (χ2n) is 8.99. The lowest BCUT2D eigenvalue weighted by molar-refractivity contribution is -0.582. The largest absolute Gasteiger partial charge is 0.370 e. The van der Waals surface area contributed by atoms with Gasteiger partial charge >= 0.3 is 0 Å². The van der Waals surface area contributed by atoms with Crippen molar-refractivity contribution < 1.29 is 4.57 Å². The molecule has 1 aromatic heterocycles. The Labute approximate surface area is 204 Å². The first-order valence-electron chi connectivity index (χ1n) is 11.9. The van der Waals surface area contributed by atoms with Gasteiger partial charge in [0.2, 0.25) is 0 Å². The number of aryl methyl sites for hydroxylation is 1. The van der Waals surface area contributed by atoms with Crippen molar-refractivity contribution in [1.82, 2.24) is 4.90 Å². The summed E-state index contributed by atoms with van der Waals surface area (Å²) in [4.78, 5) is 8.22. The lowest BCUT2D eigenvalue weighted by Crippen LogP contribution is -2.53.